The summed E-state index contributed by atoms with van der Waals surface area (Å²) >= 11 is 0. The van der Waals surface area contributed by atoms with Crippen molar-refractivity contribution in [3.8, 4) is 0 Å². The largest absolute Gasteiger partial charge is 0.324 e. The Morgan fingerprint density at radius 2 is 2.00 bits per heavy atom. The second-order valence-electron chi connectivity index (χ2n) is 3.97. The number of benzene rings is 1. The van der Waals surface area contributed by atoms with Crippen molar-refractivity contribution in [3.05, 3.63) is 35.1 Å². The maximum Gasteiger partial charge on any atom is 0.123 e. The van der Waals surface area contributed by atoms with Crippen molar-refractivity contribution in [1.82, 2.24) is 0 Å². The smallest absolute Gasteiger partial charge is 0.123 e. The number of halogens is 1. The third-order valence-corrected chi connectivity index (χ3v) is 2.71. The van der Waals surface area contributed by atoms with Gasteiger partial charge in [-0.1, -0.05) is 26.3 Å². The summed E-state index contributed by atoms with van der Waals surface area (Å²) in [5.41, 5.74) is 7.85. The summed E-state index contributed by atoms with van der Waals surface area (Å²) in [5, 5.41) is 0. The summed E-state index contributed by atoms with van der Waals surface area (Å²) in [6, 6.07) is 4.95. The van der Waals surface area contributed by atoms with E-state index in [-0.39, 0.29) is 11.9 Å². The predicted molar refractivity (Wildman–Crippen MR) is 57.5 cm³/mol. The van der Waals surface area contributed by atoms with Crippen LogP contribution in [0, 0.1) is 18.7 Å². The number of hydrogen-bond donors (Lipinski definition) is 1. The molecule has 1 rings (SSSR count). The van der Waals surface area contributed by atoms with Gasteiger partial charge in [0, 0.05) is 6.04 Å². The molecule has 0 bridgehead atoms. The molecule has 0 amide bonds. The van der Waals surface area contributed by atoms with Crippen molar-refractivity contribution >= 4 is 0 Å². The molecule has 2 heteroatoms. The van der Waals surface area contributed by atoms with E-state index >= 15 is 0 Å². The van der Waals surface area contributed by atoms with Gasteiger partial charge < -0.3 is 5.73 Å². The average Bonchev–Trinajstić information content (AvgIpc) is 2.14. The van der Waals surface area contributed by atoms with E-state index in [1.54, 1.807) is 0 Å². The summed E-state index contributed by atoms with van der Waals surface area (Å²) in [6.45, 7) is 6.07. The Bertz CT molecular complexity index is 289. The normalized spacial score (nSPS) is 15.2. The first kappa shape index (κ1) is 11.2. The van der Waals surface area contributed by atoms with Crippen molar-refractivity contribution in [2.24, 2.45) is 11.7 Å². The molecule has 0 heterocycles. The predicted octanol–water partition coefficient (Wildman–Crippen LogP) is 3.18. The van der Waals surface area contributed by atoms with Crippen LogP contribution in [0.5, 0.6) is 0 Å². The van der Waals surface area contributed by atoms with Gasteiger partial charge in [-0.3, -0.25) is 0 Å². The molecule has 0 aliphatic rings. The minimum atomic E-state index is -0.196. The van der Waals surface area contributed by atoms with E-state index in [0.717, 1.165) is 17.5 Å². The molecule has 0 saturated carbocycles. The molecule has 0 fully saturated rings. The maximum absolute atomic E-state index is 13.1. The number of nitrogens with two attached hydrogens (primary N) is 1. The van der Waals surface area contributed by atoms with Crippen LogP contribution in [-0.4, -0.2) is 0 Å². The van der Waals surface area contributed by atoms with E-state index in [0.29, 0.717) is 5.92 Å². The zero-order valence-electron chi connectivity index (χ0n) is 9.05. The highest BCUT2D eigenvalue weighted by Gasteiger charge is 2.13. The van der Waals surface area contributed by atoms with Gasteiger partial charge >= 0.3 is 0 Å². The van der Waals surface area contributed by atoms with Crippen LogP contribution in [0.1, 0.15) is 37.4 Å². The molecule has 0 aromatic heterocycles. The van der Waals surface area contributed by atoms with Gasteiger partial charge in [-0.2, -0.15) is 0 Å². The lowest BCUT2D eigenvalue weighted by Crippen LogP contribution is -2.18. The van der Waals surface area contributed by atoms with E-state index in [1.807, 2.05) is 13.0 Å². The quantitative estimate of drug-likeness (QED) is 0.787. The van der Waals surface area contributed by atoms with Gasteiger partial charge in [0.05, 0.1) is 0 Å². The third-order valence-electron chi connectivity index (χ3n) is 2.71. The monoisotopic (exact) mass is 195 g/mol. The minimum Gasteiger partial charge on any atom is -0.324 e. The fraction of sp³-hybridized carbons (Fsp3) is 0.500. The molecule has 0 saturated heterocycles. The van der Waals surface area contributed by atoms with Gasteiger partial charge in [0.1, 0.15) is 5.82 Å². The Balaban J connectivity index is 2.94. The van der Waals surface area contributed by atoms with Crippen LogP contribution in [0.4, 0.5) is 4.39 Å². The van der Waals surface area contributed by atoms with E-state index < -0.39 is 0 Å². The molecular formula is C12H18FN. The fourth-order valence-corrected chi connectivity index (χ4v) is 1.54. The Labute approximate surface area is 85.1 Å². The summed E-state index contributed by atoms with van der Waals surface area (Å²) in [4.78, 5) is 0. The minimum absolute atomic E-state index is 0.0607. The first-order valence-electron chi connectivity index (χ1n) is 5.07. The average molecular weight is 195 g/mol. The van der Waals surface area contributed by atoms with Crippen LogP contribution in [-0.2, 0) is 0 Å². The molecular weight excluding hydrogens is 177 g/mol. The van der Waals surface area contributed by atoms with Gasteiger partial charge in [-0.05, 0) is 36.1 Å². The van der Waals surface area contributed by atoms with Crippen molar-refractivity contribution < 1.29 is 4.39 Å². The number of rotatable bonds is 3. The molecule has 14 heavy (non-hydrogen) atoms. The SMILES string of the molecule is CCC(C)C(N)c1cc(C)cc(F)c1. The highest BCUT2D eigenvalue weighted by atomic mass is 19.1. The Morgan fingerprint density at radius 1 is 1.36 bits per heavy atom. The Hall–Kier alpha value is -0.890. The summed E-state index contributed by atoms with van der Waals surface area (Å²) < 4.78 is 13.1. The van der Waals surface area contributed by atoms with Crippen LogP contribution in [0.2, 0.25) is 0 Å². The lowest BCUT2D eigenvalue weighted by Gasteiger charge is -2.19. The van der Waals surface area contributed by atoms with Gasteiger partial charge in [-0.15, -0.1) is 0 Å². The molecule has 0 aliphatic heterocycles. The zero-order valence-corrected chi connectivity index (χ0v) is 9.05. The van der Waals surface area contributed by atoms with Crippen molar-refractivity contribution in [2.75, 3.05) is 0 Å². The second kappa shape index (κ2) is 4.56. The maximum atomic E-state index is 13.1. The van der Waals surface area contributed by atoms with Crippen LogP contribution < -0.4 is 5.73 Å². The highest BCUT2D eigenvalue weighted by Crippen LogP contribution is 2.23. The molecule has 0 radical (unpaired) electrons. The standard InChI is InChI=1S/C12H18FN/c1-4-9(3)12(14)10-5-8(2)6-11(13)7-10/h5-7,9,12H,4,14H2,1-3H3. The van der Waals surface area contributed by atoms with Gasteiger partial charge in [0.2, 0.25) is 0 Å². The molecule has 2 N–H and O–H groups in total. The van der Waals surface area contributed by atoms with E-state index in [2.05, 4.69) is 13.8 Å². The van der Waals surface area contributed by atoms with Crippen molar-refractivity contribution in [1.29, 1.82) is 0 Å². The molecule has 2 atom stereocenters. The first-order chi connectivity index (χ1) is 6.54. The fourth-order valence-electron chi connectivity index (χ4n) is 1.54. The van der Waals surface area contributed by atoms with Crippen molar-refractivity contribution in [3.63, 3.8) is 0 Å². The van der Waals surface area contributed by atoms with E-state index in [1.165, 1.54) is 12.1 Å². The molecule has 78 valence electrons. The molecule has 1 aromatic rings. The highest BCUT2D eigenvalue weighted by molar-refractivity contribution is 5.26. The Kier molecular flexibility index (Phi) is 3.64. The number of hydrogen-bond acceptors (Lipinski definition) is 1. The van der Waals surface area contributed by atoms with Crippen LogP contribution in [0.25, 0.3) is 0 Å². The van der Waals surface area contributed by atoms with E-state index in [4.69, 9.17) is 5.73 Å². The van der Waals surface area contributed by atoms with E-state index in [9.17, 15) is 4.39 Å². The summed E-state index contributed by atoms with van der Waals surface area (Å²) in [6.07, 6.45) is 1.01. The molecule has 1 nitrogen and oxygen atoms in total. The first-order valence-corrected chi connectivity index (χ1v) is 5.07. The Morgan fingerprint density at radius 3 is 2.50 bits per heavy atom. The lowest BCUT2D eigenvalue weighted by molar-refractivity contribution is 0.454. The summed E-state index contributed by atoms with van der Waals surface area (Å²) in [7, 11) is 0. The number of aryl methyl sites for hydroxylation is 1. The summed E-state index contributed by atoms with van der Waals surface area (Å²) in [5.74, 6) is 0.190. The topological polar surface area (TPSA) is 26.0 Å². The lowest BCUT2D eigenvalue weighted by atomic mass is 9.92. The van der Waals surface area contributed by atoms with Gasteiger partial charge in [0.25, 0.3) is 0 Å². The molecule has 1 aromatic carbocycles. The molecule has 2 unspecified atom stereocenters. The van der Waals surface area contributed by atoms with Crippen LogP contribution >= 0.6 is 0 Å². The van der Waals surface area contributed by atoms with Gasteiger partial charge in [-0.25, -0.2) is 4.39 Å². The van der Waals surface area contributed by atoms with Crippen molar-refractivity contribution in [2.45, 2.75) is 33.2 Å². The zero-order chi connectivity index (χ0) is 10.7. The van der Waals surface area contributed by atoms with Crippen LogP contribution in [0.3, 0.4) is 0 Å². The second-order valence-corrected chi connectivity index (χ2v) is 3.97. The molecule has 0 spiro atoms. The third kappa shape index (κ3) is 2.55. The van der Waals surface area contributed by atoms with Crippen LogP contribution in [0.15, 0.2) is 18.2 Å². The molecule has 0 aliphatic carbocycles. The van der Waals surface area contributed by atoms with Gasteiger partial charge in [0.15, 0.2) is 0 Å².